The van der Waals surface area contributed by atoms with Crippen LogP contribution in [0.4, 0.5) is 0 Å². The van der Waals surface area contributed by atoms with E-state index in [9.17, 15) is 8.42 Å². The molecule has 0 unspecified atom stereocenters. The van der Waals surface area contributed by atoms with Crippen molar-refractivity contribution in [1.29, 1.82) is 0 Å². The van der Waals surface area contributed by atoms with Gasteiger partial charge in [-0.1, -0.05) is 0 Å². The van der Waals surface area contributed by atoms with Gasteiger partial charge in [0, 0.05) is 25.5 Å². The van der Waals surface area contributed by atoms with Crippen molar-refractivity contribution < 1.29 is 8.42 Å². The summed E-state index contributed by atoms with van der Waals surface area (Å²) in [7, 11) is 1.59. The van der Waals surface area contributed by atoms with Crippen LogP contribution in [0, 0.1) is 0 Å². The van der Waals surface area contributed by atoms with Gasteiger partial charge in [0.2, 0.25) is 10.0 Å². The summed E-state index contributed by atoms with van der Waals surface area (Å²) in [5.74, 6) is 0. The van der Waals surface area contributed by atoms with E-state index in [4.69, 9.17) is 0 Å². The molecule has 1 aromatic rings. The standard InChI is InChI=1S/C8H14N2O2S2/c1-9-6-7-8(4-5-13-7)14(11,12)10(2)3/h4-5,9H,6H2,1-3H3. The van der Waals surface area contributed by atoms with E-state index in [0.29, 0.717) is 11.4 Å². The van der Waals surface area contributed by atoms with Gasteiger partial charge in [0.25, 0.3) is 0 Å². The first kappa shape index (κ1) is 11.6. The highest BCUT2D eigenvalue weighted by Crippen LogP contribution is 2.23. The van der Waals surface area contributed by atoms with Crippen LogP contribution in [0.1, 0.15) is 4.88 Å². The number of thiophene rings is 1. The van der Waals surface area contributed by atoms with Crippen molar-refractivity contribution in [2.45, 2.75) is 11.4 Å². The van der Waals surface area contributed by atoms with Crippen molar-refractivity contribution >= 4 is 21.4 Å². The van der Waals surface area contributed by atoms with Crippen LogP contribution in [0.15, 0.2) is 16.3 Å². The van der Waals surface area contributed by atoms with Crippen molar-refractivity contribution in [3.8, 4) is 0 Å². The molecule has 0 aliphatic rings. The Bertz CT molecular complexity index is 395. The molecule has 0 aliphatic carbocycles. The molecule has 0 spiro atoms. The first-order valence-electron chi connectivity index (χ1n) is 4.13. The molecular formula is C8H14N2O2S2. The van der Waals surface area contributed by atoms with Gasteiger partial charge in [0.15, 0.2) is 0 Å². The molecule has 6 heteroatoms. The van der Waals surface area contributed by atoms with Gasteiger partial charge in [0.05, 0.1) is 4.90 Å². The van der Waals surface area contributed by atoms with Crippen molar-refractivity contribution in [3.63, 3.8) is 0 Å². The Morgan fingerprint density at radius 3 is 2.64 bits per heavy atom. The summed E-state index contributed by atoms with van der Waals surface area (Å²) in [5, 5.41) is 4.74. The molecule has 0 amide bonds. The summed E-state index contributed by atoms with van der Waals surface area (Å²) in [6, 6.07) is 1.65. The molecule has 14 heavy (non-hydrogen) atoms. The predicted molar refractivity (Wildman–Crippen MR) is 58.0 cm³/mol. The zero-order valence-electron chi connectivity index (χ0n) is 8.44. The number of nitrogens with zero attached hydrogens (tertiary/aromatic N) is 1. The average Bonchev–Trinajstić information content (AvgIpc) is 2.53. The fourth-order valence-electron chi connectivity index (χ4n) is 1.04. The molecule has 4 nitrogen and oxygen atoms in total. The van der Waals surface area contributed by atoms with Gasteiger partial charge in [-0.25, -0.2) is 12.7 Å². The molecule has 0 saturated carbocycles. The summed E-state index contributed by atoms with van der Waals surface area (Å²) in [6.07, 6.45) is 0. The number of hydrogen-bond donors (Lipinski definition) is 1. The maximum atomic E-state index is 11.8. The zero-order valence-corrected chi connectivity index (χ0v) is 10.1. The third-order valence-electron chi connectivity index (χ3n) is 1.80. The first-order chi connectivity index (χ1) is 6.50. The first-order valence-corrected chi connectivity index (χ1v) is 6.45. The minimum Gasteiger partial charge on any atom is -0.315 e. The molecule has 0 atom stereocenters. The average molecular weight is 234 g/mol. The van der Waals surface area contributed by atoms with E-state index in [1.807, 2.05) is 0 Å². The van der Waals surface area contributed by atoms with E-state index in [1.54, 1.807) is 18.5 Å². The molecule has 1 aromatic heterocycles. The fraction of sp³-hybridized carbons (Fsp3) is 0.500. The Balaban J connectivity index is 3.13. The van der Waals surface area contributed by atoms with Gasteiger partial charge in [-0.2, -0.15) is 0 Å². The normalized spacial score (nSPS) is 12.3. The van der Waals surface area contributed by atoms with Crippen molar-refractivity contribution in [2.75, 3.05) is 21.1 Å². The minimum atomic E-state index is -3.28. The van der Waals surface area contributed by atoms with Crippen LogP contribution in [-0.4, -0.2) is 33.9 Å². The van der Waals surface area contributed by atoms with E-state index in [-0.39, 0.29) is 0 Å². The molecule has 0 aliphatic heterocycles. The molecule has 0 fully saturated rings. The second-order valence-corrected chi connectivity index (χ2v) is 6.15. The van der Waals surface area contributed by atoms with Crippen LogP contribution in [0.2, 0.25) is 0 Å². The van der Waals surface area contributed by atoms with Crippen LogP contribution < -0.4 is 5.32 Å². The number of rotatable bonds is 4. The molecule has 80 valence electrons. The summed E-state index contributed by atoms with van der Waals surface area (Å²) in [5.41, 5.74) is 0. The Kier molecular flexibility index (Phi) is 3.65. The largest absolute Gasteiger partial charge is 0.315 e. The van der Waals surface area contributed by atoms with E-state index >= 15 is 0 Å². The molecule has 0 radical (unpaired) electrons. The molecule has 1 rings (SSSR count). The number of sulfonamides is 1. The topological polar surface area (TPSA) is 49.4 Å². The van der Waals surface area contributed by atoms with Gasteiger partial charge in [-0.05, 0) is 18.5 Å². The van der Waals surface area contributed by atoms with Crippen molar-refractivity contribution in [2.24, 2.45) is 0 Å². The lowest BCUT2D eigenvalue weighted by Gasteiger charge is -2.11. The molecule has 0 saturated heterocycles. The fourth-order valence-corrected chi connectivity index (χ4v) is 3.36. The second kappa shape index (κ2) is 4.39. The van der Waals surface area contributed by atoms with E-state index in [2.05, 4.69) is 5.32 Å². The smallest absolute Gasteiger partial charge is 0.243 e. The third-order valence-corrected chi connectivity index (χ3v) is 4.75. The predicted octanol–water partition coefficient (Wildman–Crippen LogP) is 0.718. The second-order valence-electron chi connectivity index (χ2n) is 3.03. The highest BCUT2D eigenvalue weighted by molar-refractivity contribution is 7.89. The zero-order chi connectivity index (χ0) is 10.8. The Morgan fingerprint density at radius 2 is 2.14 bits per heavy atom. The lowest BCUT2D eigenvalue weighted by atomic mass is 10.5. The summed E-state index contributed by atoms with van der Waals surface area (Å²) < 4.78 is 24.8. The quantitative estimate of drug-likeness (QED) is 0.835. The Morgan fingerprint density at radius 1 is 1.50 bits per heavy atom. The van der Waals surface area contributed by atoms with E-state index in [0.717, 1.165) is 4.88 Å². The lowest BCUT2D eigenvalue weighted by Crippen LogP contribution is -2.23. The lowest BCUT2D eigenvalue weighted by molar-refractivity contribution is 0.520. The highest BCUT2D eigenvalue weighted by Gasteiger charge is 2.21. The van der Waals surface area contributed by atoms with Crippen molar-refractivity contribution in [1.82, 2.24) is 9.62 Å². The third kappa shape index (κ3) is 2.14. The molecular weight excluding hydrogens is 220 g/mol. The number of nitrogens with one attached hydrogen (secondary N) is 1. The number of hydrogen-bond acceptors (Lipinski definition) is 4. The summed E-state index contributed by atoms with van der Waals surface area (Å²) >= 11 is 1.45. The SMILES string of the molecule is CNCc1sccc1S(=O)(=O)N(C)C. The van der Waals surface area contributed by atoms with Gasteiger partial charge >= 0.3 is 0 Å². The maximum Gasteiger partial charge on any atom is 0.243 e. The van der Waals surface area contributed by atoms with Gasteiger partial charge in [-0.15, -0.1) is 11.3 Å². The van der Waals surface area contributed by atoms with Crippen molar-refractivity contribution in [3.05, 3.63) is 16.3 Å². The summed E-state index contributed by atoms with van der Waals surface area (Å²) in [4.78, 5) is 1.25. The monoisotopic (exact) mass is 234 g/mol. The van der Waals surface area contributed by atoms with Crippen LogP contribution >= 0.6 is 11.3 Å². The Labute approximate surface area is 88.6 Å². The van der Waals surface area contributed by atoms with Gasteiger partial charge in [-0.3, -0.25) is 0 Å². The van der Waals surface area contributed by atoms with Crippen LogP contribution in [0.25, 0.3) is 0 Å². The van der Waals surface area contributed by atoms with E-state index in [1.165, 1.54) is 29.7 Å². The van der Waals surface area contributed by atoms with Gasteiger partial charge < -0.3 is 5.32 Å². The molecule has 1 heterocycles. The maximum absolute atomic E-state index is 11.8. The Hall–Kier alpha value is -0.430. The summed E-state index contributed by atoms with van der Waals surface area (Å²) in [6.45, 7) is 0.583. The highest BCUT2D eigenvalue weighted by atomic mass is 32.2. The molecule has 0 bridgehead atoms. The minimum absolute atomic E-state index is 0.404. The molecule has 0 aromatic carbocycles. The van der Waals surface area contributed by atoms with E-state index < -0.39 is 10.0 Å². The van der Waals surface area contributed by atoms with Crippen LogP contribution in [-0.2, 0) is 16.6 Å². The van der Waals surface area contributed by atoms with Crippen LogP contribution in [0.3, 0.4) is 0 Å². The van der Waals surface area contributed by atoms with Gasteiger partial charge in [0.1, 0.15) is 0 Å². The molecule has 1 N–H and O–H groups in total. The van der Waals surface area contributed by atoms with Crippen LogP contribution in [0.5, 0.6) is 0 Å².